The molecular formula is C23H31N3O2. The molecule has 5 heteroatoms. The SMILES string of the molecule is CCN(CC)C(=O)c1ccc(NC(=O)CN(C)Cc2ccc(C)cc2C)cc1. The lowest BCUT2D eigenvalue weighted by molar-refractivity contribution is -0.117. The summed E-state index contributed by atoms with van der Waals surface area (Å²) in [5.74, 6) is -0.0637. The number of hydrogen-bond donors (Lipinski definition) is 1. The number of nitrogens with one attached hydrogen (secondary N) is 1. The molecule has 0 saturated carbocycles. The molecule has 0 aromatic heterocycles. The van der Waals surface area contributed by atoms with Crippen molar-refractivity contribution in [2.24, 2.45) is 0 Å². The van der Waals surface area contributed by atoms with Gasteiger partial charge in [-0.3, -0.25) is 14.5 Å². The summed E-state index contributed by atoms with van der Waals surface area (Å²) < 4.78 is 0. The number of carbonyl (C=O) groups excluding carboxylic acids is 2. The summed E-state index contributed by atoms with van der Waals surface area (Å²) in [5.41, 5.74) is 5.03. The van der Waals surface area contributed by atoms with E-state index in [4.69, 9.17) is 0 Å². The number of anilines is 1. The Morgan fingerprint density at radius 2 is 1.61 bits per heavy atom. The molecule has 0 aliphatic carbocycles. The maximum atomic E-state index is 12.3. The maximum absolute atomic E-state index is 12.3. The van der Waals surface area contributed by atoms with E-state index in [0.717, 1.165) is 6.54 Å². The minimum Gasteiger partial charge on any atom is -0.339 e. The van der Waals surface area contributed by atoms with E-state index in [1.807, 2.05) is 25.8 Å². The highest BCUT2D eigenvalue weighted by Crippen LogP contribution is 2.14. The third kappa shape index (κ3) is 5.92. The van der Waals surface area contributed by atoms with Gasteiger partial charge in [0.15, 0.2) is 0 Å². The molecule has 28 heavy (non-hydrogen) atoms. The molecule has 2 aromatic rings. The minimum atomic E-state index is -0.0740. The van der Waals surface area contributed by atoms with Gasteiger partial charge in [0.2, 0.25) is 5.91 Å². The molecule has 1 N–H and O–H groups in total. The van der Waals surface area contributed by atoms with Crippen LogP contribution in [0.25, 0.3) is 0 Å². The van der Waals surface area contributed by atoms with E-state index in [2.05, 4.69) is 37.4 Å². The number of carbonyl (C=O) groups is 2. The van der Waals surface area contributed by atoms with Crippen molar-refractivity contribution in [1.82, 2.24) is 9.80 Å². The van der Waals surface area contributed by atoms with E-state index in [0.29, 0.717) is 30.9 Å². The van der Waals surface area contributed by atoms with Crippen molar-refractivity contribution in [3.8, 4) is 0 Å². The lowest BCUT2D eigenvalue weighted by Gasteiger charge is -2.19. The molecule has 0 aliphatic rings. The van der Waals surface area contributed by atoms with Gasteiger partial charge in [0.1, 0.15) is 0 Å². The number of amides is 2. The molecule has 0 atom stereocenters. The molecule has 0 saturated heterocycles. The van der Waals surface area contributed by atoms with Crippen molar-refractivity contribution in [3.63, 3.8) is 0 Å². The van der Waals surface area contributed by atoms with E-state index in [1.165, 1.54) is 16.7 Å². The highest BCUT2D eigenvalue weighted by molar-refractivity contribution is 5.96. The highest BCUT2D eigenvalue weighted by Gasteiger charge is 2.13. The van der Waals surface area contributed by atoms with Gasteiger partial charge < -0.3 is 10.2 Å². The first-order valence-electron chi connectivity index (χ1n) is 9.77. The third-order valence-electron chi connectivity index (χ3n) is 4.82. The lowest BCUT2D eigenvalue weighted by Crippen LogP contribution is -2.31. The molecule has 0 radical (unpaired) electrons. The van der Waals surface area contributed by atoms with Crippen LogP contribution in [0.4, 0.5) is 5.69 Å². The summed E-state index contributed by atoms with van der Waals surface area (Å²) in [6, 6.07) is 13.4. The Morgan fingerprint density at radius 3 is 2.18 bits per heavy atom. The number of benzene rings is 2. The van der Waals surface area contributed by atoms with Crippen LogP contribution in [0.1, 0.15) is 40.9 Å². The summed E-state index contributed by atoms with van der Waals surface area (Å²) in [7, 11) is 1.94. The van der Waals surface area contributed by atoms with E-state index in [9.17, 15) is 9.59 Å². The molecule has 0 spiro atoms. The Kier molecular flexibility index (Phi) is 7.76. The molecule has 0 aliphatic heterocycles. The van der Waals surface area contributed by atoms with Crippen LogP contribution < -0.4 is 5.32 Å². The normalized spacial score (nSPS) is 10.8. The van der Waals surface area contributed by atoms with Crippen LogP contribution in [-0.4, -0.2) is 48.3 Å². The first-order chi connectivity index (χ1) is 13.3. The lowest BCUT2D eigenvalue weighted by atomic mass is 10.1. The molecular weight excluding hydrogens is 350 g/mol. The van der Waals surface area contributed by atoms with E-state index >= 15 is 0 Å². The second-order valence-corrected chi connectivity index (χ2v) is 7.21. The quantitative estimate of drug-likeness (QED) is 0.755. The maximum Gasteiger partial charge on any atom is 0.253 e. The molecule has 5 nitrogen and oxygen atoms in total. The minimum absolute atomic E-state index is 0.0103. The molecule has 2 rings (SSSR count). The van der Waals surface area contributed by atoms with Crippen LogP contribution in [0.5, 0.6) is 0 Å². The number of rotatable bonds is 8. The highest BCUT2D eigenvalue weighted by atomic mass is 16.2. The van der Waals surface area contributed by atoms with E-state index in [1.54, 1.807) is 29.2 Å². The van der Waals surface area contributed by atoms with Gasteiger partial charge in [0.25, 0.3) is 5.91 Å². The summed E-state index contributed by atoms with van der Waals surface area (Å²) in [6.07, 6.45) is 0. The Bertz CT molecular complexity index is 811. The fourth-order valence-corrected chi connectivity index (χ4v) is 3.21. The number of nitrogens with zero attached hydrogens (tertiary/aromatic N) is 2. The van der Waals surface area contributed by atoms with Crippen molar-refractivity contribution in [1.29, 1.82) is 0 Å². The monoisotopic (exact) mass is 381 g/mol. The second-order valence-electron chi connectivity index (χ2n) is 7.21. The topological polar surface area (TPSA) is 52.7 Å². The number of hydrogen-bond acceptors (Lipinski definition) is 3. The van der Waals surface area contributed by atoms with Crippen LogP contribution in [0.3, 0.4) is 0 Å². The number of likely N-dealkylation sites (N-methyl/N-ethyl adjacent to an activating group) is 1. The van der Waals surface area contributed by atoms with Crippen molar-refractivity contribution in [2.45, 2.75) is 34.2 Å². The average molecular weight is 382 g/mol. The van der Waals surface area contributed by atoms with Crippen LogP contribution in [0, 0.1) is 13.8 Å². The zero-order chi connectivity index (χ0) is 20.7. The van der Waals surface area contributed by atoms with Gasteiger partial charge in [0, 0.05) is 30.9 Å². The summed E-state index contributed by atoms with van der Waals surface area (Å²) >= 11 is 0. The van der Waals surface area contributed by atoms with Gasteiger partial charge >= 0.3 is 0 Å². The van der Waals surface area contributed by atoms with Crippen LogP contribution >= 0.6 is 0 Å². The molecule has 0 bridgehead atoms. The van der Waals surface area contributed by atoms with Crippen LogP contribution in [0.2, 0.25) is 0 Å². The molecule has 2 aromatic carbocycles. The van der Waals surface area contributed by atoms with Crippen molar-refractivity contribution >= 4 is 17.5 Å². The van der Waals surface area contributed by atoms with Crippen molar-refractivity contribution < 1.29 is 9.59 Å². The van der Waals surface area contributed by atoms with Gasteiger partial charge in [-0.15, -0.1) is 0 Å². The van der Waals surface area contributed by atoms with Gasteiger partial charge in [-0.1, -0.05) is 23.8 Å². The Balaban J connectivity index is 1.91. The van der Waals surface area contributed by atoms with Crippen LogP contribution in [-0.2, 0) is 11.3 Å². The average Bonchev–Trinajstić information content (AvgIpc) is 2.65. The van der Waals surface area contributed by atoms with Crippen molar-refractivity contribution in [3.05, 3.63) is 64.7 Å². The van der Waals surface area contributed by atoms with E-state index in [-0.39, 0.29) is 11.8 Å². The first kappa shape index (κ1) is 21.6. The summed E-state index contributed by atoms with van der Waals surface area (Å²) in [5, 5.41) is 2.90. The standard InChI is InChI=1S/C23H31N3O2/c1-6-26(7-2)23(28)19-10-12-21(13-11-19)24-22(27)16-25(5)15-20-9-8-17(3)14-18(20)4/h8-14H,6-7,15-16H2,1-5H3,(H,24,27). The Morgan fingerprint density at radius 1 is 0.964 bits per heavy atom. The zero-order valence-electron chi connectivity index (χ0n) is 17.6. The first-order valence-corrected chi connectivity index (χ1v) is 9.77. The van der Waals surface area contributed by atoms with Gasteiger partial charge in [-0.25, -0.2) is 0 Å². The van der Waals surface area contributed by atoms with Gasteiger partial charge in [-0.2, -0.15) is 0 Å². The second kappa shape index (κ2) is 10.0. The fraction of sp³-hybridized carbons (Fsp3) is 0.391. The number of aryl methyl sites for hydroxylation is 2. The molecule has 0 unspecified atom stereocenters. The molecule has 150 valence electrons. The molecule has 2 amide bonds. The smallest absolute Gasteiger partial charge is 0.253 e. The zero-order valence-corrected chi connectivity index (χ0v) is 17.6. The summed E-state index contributed by atoms with van der Waals surface area (Å²) in [6.45, 7) is 10.5. The van der Waals surface area contributed by atoms with E-state index < -0.39 is 0 Å². The van der Waals surface area contributed by atoms with Crippen LogP contribution in [0.15, 0.2) is 42.5 Å². The molecule has 0 fully saturated rings. The van der Waals surface area contributed by atoms with Gasteiger partial charge in [0.05, 0.1) is 6.54 Å². The summed E-state index contributed by atoms with van der Waals surface area (Å²) in [4.78, 5) is 28.4. The largest absolute Gasteiger partial charge is 0.339 e. The predicted molar refractivity (Wildman–Crippen MR) is 115 cm³/mol. The predicted octanol–water partition coefficient (Wildman–Crippen LogP) is 3.86. The fourth-order valence-electron chi connectivity index (χ4n) is 3.21. The van der Waals surface area contributed by atoms with Gasteiger partial charge in [-0.05, 0) is 70.1 Å². The Hall–Kier alpha value is -2.66. The Labute approximate surface area is 168 Å². The molecule has 0 heterocycles. The van der Waals surface area contributed by atoms with Crippen molar-refractivity contribution in [2.75, 3.05) is 32.0 Å². The third-order valence-corrected chi connectivity index (χ3v) is 4.82.